The summed E-state index contributed by atoms with van der Waals surface area (Å²) in [4.78, 5) is 18.5. The number of carbonyl (C=O) groups is 1. The summed E-state index contributed by atoms with van der Waals surface area (Å²) in [6, 6.07) is 0. The number of piperidine rings is 1. The van der Waals surface area contributed by atoms with Crippen molar-refractivity contribution in [2.24, 2.45) is 0 Å². The van der Waals surface area contributed by atoms with Gasteiger partial charge in [-0.15, -0.1) is 0 Å². The highest BCUT2D eigenvalue weighted by Gasteiger charge is 2.29. The molecule has 0 saturated carbocycles. The van der Waals surface area contributed by atoms with Crippen LogP contribution in [0.5, 0.6) is 0 Å². The molecule has 2 aromatic heterocycles. The first kappa shape index (κ1) is 16.7. The summed E-state index contributed by atoms with van der Waals surface area (Å²) in [6.07, 6.45) is 9.84. The fraction of sp³-hybridized carbons (Fsp3) is 0.533. The Balaban J connectivity index is 1.66. The summed E-state index contributed by atoms with van der Waals surface area (Å²) in [5.41, 5.74) is 0.615. The maximum Gasteiger partial charge on any atom is 0.224 e. The molecule has 0 spiro atoms. The second kappa shape index (κ2) is 6.76. The van der Waals surface area contributed by atoms with Crippen molar-refractivity contribution in [1.29, 1.82) is 0 Å². The number of rotatable bonds is 5. The van der Waals surface area contributed by atoms with E-state index >= 15 is 0 Å². The van der Waals surface area contributed by atoms with E-state index in [9.17, 15) is 13.2 Å². The van der Waals surface area contributed by atoms with E-state index in [1.54, 1.807) is 12.5 Å². The topological polar surface area (TPSA) is 101 Å². The number of nitrogens with zero attached hydrogens (tertiary/aromatic N) is 4. The van der Waals surface area contributed by atoms with Gasteiger partial charge in [0, 0.05) is 50.6 Å². The molecule has 8 nitrogen and oxygen atoms in total. The number of imidazole rings is 1. The van der Waals surface area contributed by atoms with Crippen molar-refractivity contribution in [3.05, 3.63) is 30.6 Å². The van der Waals surface area contributed by atoms with Gasteiger partial charge in [0.05, 0.1) is 18.2 Å². The van der Waals surface area contributed by atoms with Crippen LogP contribution in [0.3, 0.4) is 0 Å². The molecule has 1 N–H and O–H groups in total. The van der Waals surface area contributed by atoms with Crippen LogP contribution < -0.4 is 0 Å². The minimum atomic E-state index is -3.32. The second-order valence-corrected chi connectivity index (χ2v) is 8.13. The van der Waals surface area contributed by atoms with Crippen LogP contribution in [0.25, 0.3) is 0 Å². The van der Waals surface area contributed by atoms with Crippen molar-refractivity contribution >= 4 is 15.7 Å². The molecule has 1 atom stereocenters. The minimum absolute atomic E-state index is 0.0248. The van der Waals surface area contributed by atoms with Crippen LogP contribution in [-0.2, 0) is 21.2 Å². The SMILES string of the molecule is CS(=O)(=O)c1cn[nH]c1[C@H]1CCCN(C(=O)CCn2ccnc2)C1. The number of amides is 1. The van der Waals surface area contributed by atoms with E-state index in [4.69, 9.17) is 0 Å². The Morgan fingerprint density at radius 1 is 1.46 bits per heavy atom. The van der Waals surface area contributed by atoms with Gasteiger partial charge >= 0.3 is 0 Å². The van der Waals surface area contributed by atoms with Gasteiger partial charge in [-0.2, -0.15) is 5.10 Å². The van der Waals surface area contributed by atoms with Crippen LogP contribution in [0.2, 0.25) is 0 Å². The first-order valence-electron chi connectivity index (χ1n) is 7.92. The number of carbonyl (C=O) groups excluding carboxylic acids is 1. The van der Waals surface area contributed by atoms with Crippen molar-refractivity contribution in [3.63, 3.8) is 0 Å². The highest BCUT2D eigenvalue weighted by atomic mass is 32.2. The molecule has 1 fully saturated rings. The highest BCUT2D eigenvalue weighted by Crippen LogP contribution is 2.30. The number of likely N-dealkylation sites (tertiary alicyclic amines) is 1. The summed E-state index contributed by atoms with van der Waals surface area (Å²) >= 11 is 0. The van der Waals surface area contributed by atoms with Gasteiger partial charge in [-0.25, -0.2) is 13.4 Å². The molecule has 130 valence electrons. The van der Waals surface area contributed by atoms with Gasteiger partial charge in [0.25, 0.3) is 0 Å². The number of hydrogen-bond donors (Lipinski definition) is 1. The largest absolute Gasteiger partial charge is 0.342 e. The lowest BCUT2D eigenvalue weighted by Crippen LogP contribution is -2.39. The lowest BCUT2D eigenvalue weighted by Gasteiger charge is -2.32. The number of H-pyrrole nitrogens is 1. The maximum absolute atomic E-state index is 12.4. The molecule has 1 saturated heterocycles. The Kier molecular flexibility index (Phi) is 4.70. The van der Waals surface area contributed by atoms with E-state index in [2.05, 4.69) is 15.2 Å². The van der Waals surface area contributed by atoms with E-state index < -0.39 is 9.84 Å². The molecule has 1 aliphatic rings. The molecule has 0 unspecified atom stereocenters. The minimum Gasteiger partial charge on any atom is -0.342 e. The van der Waals surface area contributed by atoms with Gasteiger partial charge in [-0.3, -0.25) is 9.89 Å². The van der Waals surface area contributed by atoms with Crippen LogP contribution in [-0.4, -0.2) is 58.3 Å². The number of aromatic amines is 1. The number of aryl methyl sites for hydroxylation is 1. The number of nitrogens with one attached hydrogen (secondary N) is 1. The highest BCUT2D eigenvalue weighted by molar-refractivity contribution is 7.90. The van der Waals surface area contributed by atoms with Gasteiger partial charge in [-0.05, 0) is 12.8 Å². The first-order valence-corrected chi connectivity index (χ1v) is 9.81. The quantitative estimate of drug-likeness (QED) is 0.859. The van der Waals surface area contributed by atoms with Gasteiger partial charge in [-0.1, -0.05) is 0 Å². The molecule has 0 aliphatic carbocycles. The average Bonchev–Trinajstić information content (AvgIpc) is 3.23. The summed E-state index contributed by atoms with van der Waals surface area (Å²) in [7, 11) is -3.32. The smallest absolute Gasteiger partial charge is 0.224 e. The zero-order valence-electron chi connectivity index (χ0n) is 13.6. The van der Waals surface area contributed by atoms with Crippen molar-refractivity contribution in [2.45, 2.75) is 36.6 Å². The Hall–Kier alpha value is -2.16. The average molecular weight is 351 g/mol. The van der Waals surface area contributed by atoms with Crippen LogP contribution in [0.1, 0.15) is 30.9 Å². The van der Waals surface area contributed by atoms with Crippen molar-refractivity contribution < 1.29 is 13.2 Å². The molecular weight excluding hydrogens is 330 g/mol. The van der Waals surface area contributed by atoms with E-state index in [0.29, 0.717) is 31.7 Å². The normalized spacial score (nSPS) is 18.7. The van der Waals surface area contributed by atoms with Crippen LogP contribution in [0, 0.1) is 0 Å². The van der Waals surface area contributed by atoms with Gasteiger partial charge in [0.2, 0.25) is 5.91 Å². The van der Waals surface area contributed by atoms with Gasteiger partial charge < -0.3 is 9.47 Å². The molecule has 3 rings (SSSR count). The van der Waals surface area contributed by atoms with E-state index in [-0.39, 0.29) is 16.7 Å². The first-order chi connectivity index (χ1) is 11.4. The van der Waals surface area contributed by atoms with Gasteiger partial charge in [0.1, 0.15) is 4.90 Å². The third kappa shape index (κ3) is 3.66. The summed E-state index contributed by atoms with van der Waals surface area (Å²) in [5.74, 6) is 0.0528. The number of aromatic nitrogens is 4. The molecule has 24 heavy (non-hydrogen) atoms. The predicted octanol–water partition coefficient (Wildman–Crippen LogP) is 0.806. The van der Waals surface area contributed by atoms with Gasteiger partial charge in [0.15, 0.2) is 9.84 Å². The summed E-state index contributed by atoms with van der Waals surface area (Å²) in [6.45, 7) is 1.83. The molecule has 2 aromatic rings. The molecule has 3 heterocycles. The standard InChI is InChI=1S/C15H21N5O3S/c1-24(22,23)13-9-17-18-15(13)12-3-2-6-20(10-12)14(21)4-7-19-8-5-16-11-19/h5,8-9,11-12H,2-4,6-7,10H2,1H3,(H,17,18)/t12-/m0/s1. The predicted molar refractivity (Wildman–Crippen MR) is 87.1 cm³/mol. The fourth-order valence-corrected chi connectivity index (χ4v) is 3.97. The summed E-state index contributed by atoms with van der Waals surface area (Å²) in [5, 5.41) is 6.70. The second-order valence-electron chi connectivity index (χ2n) is 6.15. The Morgan fingerprint density at radius 3 is 3.00 bits per heavy atom. The molecule has 9 heteroatoms. The third-order valence-corrected chi connectivity index (χ3v) is 5.48. The van der Waals surface area contributed by atoms with Crippen molar-refractivity contribution in [3.8, 4) is 0 Å². The van der Waals surface area contributed by atoms with E-state index in [1.807, 2.05) is 15.7 Å². The molecular formula is C15H21N5O3S. The van der Waals surface area contributed by atoms with Crippen LogP contribution in [0.4, 0.5) is 0 Å². The molecule has 1 amide bonds. The monoisotopic (exact) mass is 351 g/mol. The number of sulfone groups is 1. The maximum atomic E-state index is 12.4. The lowest BCUT2D eigenvalue weighted by molar-refractivity contribution is -0.132. The van der Waals surface area contributed by atoms with E-state index in [1.165, 1.54) is 12.5 Å². The zero-order chi connectivity index (χ0) is 17.2. The fourth-order valence-electron chi connectivity index (χ4n) is 3.11. The molecule has 0 aromatic carbocycles. The lowest BCUT2D eigenvalue weighted by atomic mass is 9.94. The summed E-state index contributed by atoms with van der Waals surface area (Å²) < 4.78 is 25.6. The zero-order valence-corrected chi connectivity index (χ0v) is 14.4. The Bertz CT molecular complexity index is 797. The Labute approximate surface area is 140 Å². The van der Waals surface area contributed by atoms with Crippen LogP contribution >= 0.6 is 0 Å². The number of hydrogen-bond acceptors (Lipinski definition) is 5. The third-order valence-electron chi connectivity index (χ3n) is 4.36. The molecule has 0 radical (unpaired) electrons. The van der Waals surface area contributed by atoms with Crippen LogP contribution in [0.15, 0.2) is 29.8 Å². The molecule has 0 bridgehead atoms. The Morgan fingerprint density at radius 2 is 2.29 bits per heavy atom. The molecule has 1 aliphatic heterocycles. The van der Waals surface area contributed by atoms with Crippen molar-refractivity contribution in [2.75, 3.05) is 19.3 Å². The van der Waals surface area contributed by atoms with E-state index in [0.717, 1.165) is 12.8 Å². The van der Waals surface area contributed by atoms with Crippen molar-refractivity contribution in [1.82, 2.24) is 24.6 Å².